The van der Waals surface area contributed by atoms with E-state index in [1.54, 1.807) is 19.1 Å². The van der Waals surface area contributed by atoms with Crippen molar-refractivity contribution in [2.75, 3.05) is 0 Å². The van der Waals surface area contributed by atoms with Crippen LogP contribution in [0.1, 0.15) is 12.5 Å². The molecule has 0 saturated heterocycles. The summed E-state index contributed by atoms with van der Waals surface area (Å²) >= 11 is 3.17. The van der Waals surface area contributed by atoms with Crippen LogP contribution >= 0.6 is 15.9 Å². The molecule has 0 aromatic heterocycles. The summed E-state index contributed by atoms with van der Waals surface area (Å²) in [6, 6.07) is 8.67. The normalized spacial score (nSPS) is 12.2. The minimum absolute atomic E-state index is 0.0460. The Bertz CT molecular complexity index is 617. The summed E-state index contributed by atoms with van der Waals surface area (Å²) < 4.78 is 33.7. The van der Waals surface area contributed by atoms with Gasteiger partial charge in [-0.3, -0.25) is 0 Å². The third-order valence-corrected chi connectivity index (χ3v) is 3.21. The van der Waals surface area contributed by atoms with Crippen LogP contribution in [0.25, 0.3) is 0 Å². The van der Waals surface area contributed by atoms with Crippen molar-refractivity contribution in [1.82, 2.24) is 0 Å². The van der Waals surface area contributed by atoms with E-state index in [1.165, 1.54) is 24.3 Å². The van der Waals surface area contributed by atoms with Crippen LogP contribution in [-0.2, 0) is 6.42 Å². The van der Waals surface area contributed by atoms with Gasteiger partial charge in [0.25, 0.3) is 0 Å². The number of hydrogen-bond acceptors (Lipinski definition) is 2. The zero-order valence-corrected chi connectivity index (χ0v) is 12.5. The fourth-order valence-corrected chi connectivity index (χ4v) is 2.16. The van der Waals surface area contributed by atoms with E-state index in [2.05, 4.69) is 15.9 Å². The SMILES string of the molecule is CC(N)Cc1c(F)cccc1Oc1ccc(Br)cc1F. The summed E-state index contributed by atoms with van der Waals surface area (Å²) in [5.74, 6) is -0.596. The van der Waals surface area contributed by atoms with E-state index in [0.717, 1.165) is 0 Å². The maximum atomic E-state index is 13.8. The highest BCUT2D eigenvalue weighted by Crippen LogP contribution is 2.30. The number of benzene rings is 2. The average molecular weight is 342 g/mol. The van der Waals surface area contributed by atoms with Crippen molar-refractivity contribution in [3.05, 3.63) is 58.1 Å². The molecule has 20 heavy (non-hydrogen) atoms. The minimum Gasteiger partial charge on any atom is -0.454 e. The molecule has 0 radical (unpaired) electrons. The lowest BCUT2D eigenvalue weighted by atomic mass is 10.1. The molecule has 0 heterocycles. The van der Waals surface area contributed by atoms with Gasteiger partial charge in [-0.25, -0.2) is 8.78 Å². The maximum absolute atomic E-state index is 13.8. The number of halogens is 3. The molecule has 0 aliphatic rings. The topological polar surface area (TPSA) is 35.2 Å². The minimum atomic E-state index is -0.518. The number of hydrogen-bond donors (Lipinski definition) is 1. The van der Waals surface area contributed by atoms with E-state index in [-0.39, 0.29) is 17.5 Å². The van der Waals surface area contributed by atoms with Crippen molar-refractivity contribution in [2.45, 2.75) is 19.4 Å². The van der Waals surface area contributed by atoms with Gasteiger partial charge in [0, 0.05) is 16.1 Å². The zero-order chi connectivity index (χ0) is 14.7. The number of rotatable bonds is 4. The summed E-state index contributed by atoms with van der Waals surface area (Å²) in [6.07, 6.45) is 0.320. The van der Waals surface area contributed by atoms with E-state index in [9.17, 15) is 8.78 Å². The Morgan fingerprint density at radius 2 is 1.90 bits per heavy atom. The van der Waals surface area contributed by atoms with Gasteiger partial charge in [0.15, 0.2) is 11.6 Å². The Kier molecular flexibility index (Phi) is 4.73. The Balaban J connectivity index is 2.35. The Morgan fingerprint density at radius 3 is 2.55 bits per heavy atom. The lowest BCUT2D eigenvalue weighted by molar-refractivity contribution is 0.430. The van der Waals surface area contributed by atoms with Crippen molar-refractivity contribution < 1.29 is 13.5 Å². The Morgan fingerprint density at radius 1 is 1.15 bits per heavy atom. The molecular formula is C15H14BrF2NO. The molecule has 5 heteroatoms. The second kappa shape index (κ2) is 6.33. The summed E-state index contributed by atoms with van der Waals surface area (Å²) in [7, 11) is 0. The first-order valence-electron chi connectivity index (χ1n) is 6.13. The van der Waals surface area contributed by atoms with Gasteiger partial charge >= 0.3 is 0 Å². The Labute approximate surface area is 124 Å². The molecule has 1 unspecified atom stereocenters. The fourth-order valence-electron chi connectivity index (χ4n) is 1.83. The van der Waals surface area contributed by atoms with Crippen LogP contribution in [0.4, 0.5) is 8.78 Å². The second-order valence-corrected chi connectivity index (χ2v) is 5.49. The van der Waals surface area contributed by atoms with Crippen LogP contribution in [-0.4, -0.2) is 6.04 Å². The van der Waals surface area contributed by atoms with Gasteiger partial charge in [-0.2, -0.15) is 0 Å². The van der Waals surface area contributed by atoms with Crippen LogP contribution in [0.15, 0.2) is 40.9 Å². The van der Waals surface area contributed by atoms with Gasteiger partial charge in [-0.1, -0.05) is 22.0 Å². The van der Waals surface area contributed by atoms with E-state index in [4.69, 9.17) is 10.5 Å². The quantitative estimate of drug-likeness (QED) is 0.893. The van der Waals surface area contributed by atoms with Crippen molar-refractivity contribution in [3.63, 3.8) is 0 Å². The number of nitrogens with two attached hydrogens (primary N) is 1. The van der Waals surface area contributed by atoms with Crippen molar-refractivity contribution in [3.8, 4) is 11.5 Å². The molecular weight excluding hydrogens is 328 g/mol. The second-order valence-electron chi connectivity index (χ2n) is 4.57. The first-order valence-corrected chi connectivity index (χ1v) is 6.92. The molecule has 0 aliphatic heterocycles. The molecule has 0 amide bonds. The molecule has 2 N–H and O–H groups in total. The summed E-state index contributed by atoms with van der Waals surface area (Å²) in [4.78, 5) is 0. The average Bonchev–Trinajstić information content (AvgIpc) is 2.36. The maximum Gasteiger partial charge on any atom is 0.166 e. The van der Waals surface area contributed by atoms with Gasteiger partial charge < -0.3 is 10.5 Å². The molecule has 0 bridgehead atoms. The van der Waals surface area contributed by atoms with E-state index in [0.29, 0.717) is 16.5 Å². The van der Waals surface area contributed by atoms with E-state index in [1.807, 2.05) is 0 Å². The molecule has 0 saturated carbocycles. The molecule has 2 rings (SSSR count). The first kappa shape index (κ1) is 14.9. The highest BCUT2D eigenvalue weighted by atomic mass is 79.9. The molecule has 0 spiro atoms. The fraction of sp³-hybridized carbons (Fsp3) is 0.200. The lowest BCUT2D eigenvalue weighted by Gasteiger charge is -2.14. The van der Waals surface area contributed by atoms with Crippen LogP contribution in [0.2, 0.25) is 0 Å². The molecule has 2 aromatic rings. The van der Waals surface area contributed by atoms with Crippen molar-refractivity contribution in [2.24, 2.45) is 5.73 Å². The molecule has 106 valence electrons. The lowest BCUT2D eigenvalue weighted by Crippen LogP contribution is -2.19. The zero-order valence-electron chi connectivity index (χ0n) is 10.9. The van der Waals surface area contributed by atoms with Crippen LogP contribution in [0, 0.1) is 11.6 Å². The molecule has 1 atom stereocenters. The van der Waals surface area contributed by atoms with Gasteiger partial charge in [-0.15, -0.1) is 0 Å². The largest absolute Gasteiger partial charge is 0.454 e. The highest BCUT2D eigenvalue weighted by molar-refractivity contribution is 9.10. The summed E-state index contributed by atoms with van der Waals surface area (Å²) in [5, 5.41) is 0. The van der Waals surface area contributed by atoms with E-state index < -0.39 is 11.6 Å². The standard InChI is InChI=1S/C15H14BrF2NO/c1-9(19)7-11-12(17)3-2-4-14(11)20-15-6-5-10(16)8-13(15)18/h2-6,8-9H,7,19H2,1H3. The third kappa shape index (κ3) is 3.55. The van der Waals surface area contributed by atoms with Gasteiger partial charge in [0.1, 0.15) is 11.6 Å². The van der Waals surface area contributed by atoms with Gasteiger partial charge in [-0.05, 0) is 43.7 Å². The van der Waals surface area contributed by atoms with Crippen LogP contribution in [0.3, 0.4) is 0 Å². The van der Waals surface area contributed by atoms with Crippen molar-refractivity contribution in [1.29, 1.82) is 0 Å². The first-order chi connectivity index (χ1) is 9.47. The van der Waals surface area contributed by atoms with Crippen molar-refractivity contribution >= 4 is 15.9 Å². The summed E-state index contributed by atoms with van der Waals surface area (Å²) in [5.41, 5.74) is 6.05. The predicted octanol–water partition coefficient (Wildman–Crippen LogP) is 4.41. The molecule has 2 nitrogen and oxygen atoms in total. The summed E-state index contributed by atoms with van der Waals surface area (Å²) in [6.45, 7) is 1.77. The smallest absolute Gasteiger partial charge is 0.166 e. The Hall–Kier alpha value is -1.46. The predicted molar refractivity (Wildman–Crippen MR) is 77.9 cm³/mol. The van der Waals surface area contributed by atoms with Gasteiger partial charge in [0.2, 0.25) is 0 Å². The molecule has 2 aromatic carbocycles. The highest BCUT2D eigenvalue weighted by Gasteiger charge is 2.14. The van der Waals surface area contributed by atoms with E-state index >= 15 is 0 Å². The molecule has 0 aliphatic carbocycles. The molecule has 0 fully saturated rings. The monoisotopic (exact) mass is 341 g/mol. The number of ether oxygens (including phenoxy) is 1. The van der Waals surface area contributed by atoms with Crippen LogP contribution in [0.5, 0.6) is 11.5 Å². The third-order valence-electron chi connectivity index (χ3n) is 2.72. The van der Waals surface area contributed by atoms with Gasteiger partial charge in [0.05, 0.1) is 0 Å². The van der Waals surface area contributed by atoms with Crippen LogP contribution < -0.4 is 10.5 Å².